The number of anilines is 1. The fourth-order valence-corrected chi connectivity index (χ4v) is 2.92. The van der Waals surface area contributed by atoms with Crippen LogP contribution >= 0.6 is 11.5 Å². The molecule has 0 aliphatic heterocycles. The van der Waals surface area contributed by atoms with Crippen molar-refractivity contribution in [2.24, 2.45) is 0 Å². The quantitative estimate of drug-likeness (QED) is 0.606. The van der Waals surface area contributed by atoms with Crippen molar-refractivity contribution in [2.75, 3.05) is 18.4 Å². The van der Waals surface area contributed by atoms with Gasteiger partial charge in [0.1, 0.15) is 5.82 Å². The summed E-state index contributed by atoms with van der Waals surface area (Å²) >= 11 is 1.47. The number of pyridine rings is 1. The Bertz CT molecular complexity index is 851. The molecule has 6 nitrogen and oxygen atoms in total. The average Bonchev–Trinajstić information content (AvgIpc) is 2.98. The number of amides is 1. The number of fused-ring (bicyclic) bond motifs is 1. The van der Waals surface area contributed by atoms with Gasteiger partial charge in [-0.2, -0.15) is 4.37 Å². The van der Waals surface area contributed by atoms with Crippen molar-refractivity contribution in [2.45, 2.75) is 6.42 Å². The molecule has 2 heterocycles. The molecule has 0 unspecified atom stereocenters. The summed E-state index contributed by atoms with van der Waals surface area (Å²) in [6.07, 6.45) is 2.19. The maximum Gasteiger partial charge on any atom is 0.252 e. The molecule has 3 N–H and O–H groups in total. The highest BCUT2D eigenvalue weighted by atomic mass is 32.1. The highest BCUT2D eigenvalue weighted by Gasteiger charge is 2.06. The molecule has 1 amide bonds. The number of hydrogen-bond acceptors (Lipinski definition) is 5. The Hall–Kier alpha value is -2.67. The summed E-state index contributed by atoms with van der Waals surface area (Å²) in [5, 5.41) is 7.23. The summed E-state index contributed by atoms with van der Waals surface area (Å²) < 4.78 is 5.55. The predicted molar refractivity (Wildman–Crippen MR) is 92.1 cm³/mol. The molecule has 0 radical (unpaired) electrons. The van der Waals surface area contributed by atoms with Crippen LogP contribution in [0.25, 0.3) is 10.1 Å². The molecule has 0 saturated heterocycles. The van der Waals surface area contributed by atoms with Crippen molar-refractivity contribution in [1.82, 2.24) is 14.7 Å². The lowest BCUT2D eigenvalue weighted by atomic mass is 10.2. The van der Waals surface area contributed by atoms with Gasteiger partial charge in [-0.25, -0.2) is 0 Å². The fraction of sp³-hybridized carbons (Fsp3) is 0.188. The number of nitrogens with one attached hydrogen (secondary N) is 3. The molecule has 1 aromatic carbocycles. The Morgan fingerprint density at radius 2 is 2.04 bits per heavy atom. The van der Waals surface area contributed by atoms with Gasteiger partial charge >= 0.3 is 0 Å². The number of aromatic nitrogens is 2. The topological polar surface area (TPSA) is 86.9 Å². The summed E-state index contributed by atoms with van der Waals surface area (Å²) in [7, 11) is 0. The molecule has 0 spiro atoms. The van der Waals surface area contributed by atoms with Crippen LogP contribution in [0.1, 0.15) is 16.8 Å². The molecule has 0 aliphatic carbocycles. The van der Waals surface area contributed by atoms with Crippen molar-refractivity contribution in [3.63, 3.8) is 0 Å². The number of aromatic amines is 1. The SMILES string of the molecule is O=C(NCCCNc1nsc2ccccc12)c1ccc(=O)[nH]c1. The van der Waals surface area contributed by atoms with Gasteiger partial charge in [-0.15, -0.1) is 0 Å². The van der Waals surface area contributed by atoms with E-state index in [4.69, 9.17) is 0 Å². The van der Waals surface area contributed by atoms with E-state index in [1.807, 2.05) is 24.3 Å². The zero-order valence-electron chi connectivity index (χ0n) is 12.3. The van der Waals surface area contributed by atoms with Crippen LogP contribution in [0.15, 0.2) is 47.4 Å². The standard InChI is InChI=1S/C16H16N4O2S/c21-14-7-6-11(10-19-14)16(22)18-9-3-8-17-15-12-4-1-2-5-13(12)23-20-15/h1-2,4-7,10H,3,8-9H2,(H,17,20)(H,18,22)(H,19,21). The number of hydrogen-bond donors (Lipinski definition) is 3. The molecule has 2 aromatic heterocycles. The van der Waals surface area contributed by atoms with E-state index in [-0.39, 0.29) is 11.5 Å². The second kappa shape index (κ2) is 7.06. The summed E-state index contributed by atoms with van der Waals surface area (Å²) in [5.41, 5.74) is 0.226. The lowest BCUT2D eigenvalue weighted by molar-refractivity contribution is 0.0953. The minimum Gasteiger partial charge on any atom is -0.369 e. The lowest BCUT2D eigenvalue weighted by Crippen LogP contribution is -2.26. The first-order chi connectivity index (χ1) is 11.2. The predicted octanol–water partition coefficient (Wildman–Crippen LogP) is 2.22. The second-order valence-electron chi connectivity index (χ2n) is 5.01. The molecule has 23 heavy (non-hydrogen) atoms. The van der Waals surface area contributed by atoms with Gasteiger partial charge in [-0.05, 0) is 36.2 Å². The van der Waals surface area contributed by atoms with Gasteiger partial charge in [0.2, 0.25) is 5.56 Å². The number of carbonyl (C=O) groups is 1. The van der Waals surface area contributed by atoms with Gasteiger partial charge in [0, 0.05) is 30.7 Å². The van der Waals surface area contributed by atoms with Crippen LogP contribution in [0.3, 0.4) is 0 Å². The monoisotopic (exact) mass is 328 g/mol. The first-order valence-electron chi connectivity index (χ1n) is 7.29. The van der Waals surface area contributed by atoms with Crippen LogP contribution in [-0.2, 0) is 0 Å². The molecule has 118 valence electrons. The van der Waals surface area contributed by atoms with Crippen LogP contribution < -0.4 is 16.2 Å². The van der Waals surface area contributed by atoms with Crippen LogP contribution in [0.2, 0.25) is 0 Å². The van der Waals surface area contributed by atoms with E-state index in [0.717, 1.165) is 28.9 Å². The number of carbonyl (C=O) groups excluding carboxylic acids is 1. The van der Waals surface area contributed by atoms with Gasteiger partial charge in [0.05, 0.1) is 10.3 Å². The van der Waals surface area contributed by atoms with Crippen molar-refractivity contribution in [3.05, 3.63) is 58.5 Å². The first kappa shape index (κ1) is 15.2. The maximum absolute atomic E-state index is 11.9. The van der Waals surface area contributed by atoms with Gasteiger partial charge in [0.25, 0.3) is 5.91 Å². The van der Waals surface area contributed by atoms with Gasteiger partial charge in [-0.3, -0.25) is 9.59 Å². The zero-order chi connectivity index (χ0) is 16.1. The number of H-pyrrole nitrogens is 1. The van der Waals surface area contributed by atoms with E-state index in [2.05, 4.69) is 20.0 Å². The molecule has 3 aromatic rings. The smallest absolute Gasteiger partial charge is 0.252 e. The van der Waals surface area contributed by atoms with E-state index in [1.54, 1.807) is 0 Å². The lowest BCUT2D eigenvalue weighted by Gasteiger charge is -2.06. The number of rotatable bonds is 6. The molecule has 0 aliphatic rings. The van der Waals surface area contributed by atoms with Crippen molar-refractivity contribution < 1.29 is 4.79 Å². The molecule has 7 heteroatoms. The van der Waals surface area contributed by atoms with E-state index < -0.39 is 0 Å². The average molecular weight is 328 g/mol. The molecule has 0 atom stereocenters. The third-order valence-electron chi connectivity index (χ3n) is 3.36. The Morgan fingerprint density at radius 3 is 2.87 bits per heavy atom. The second-order valence-corrected chi connectivity index (χ2v) is 5.81. The van der Waals surface area contributed by atoms with Crippen LogP contribution in [0.4, 0.5) is 5.82 Å². The van der Waals surface area contributed by atoms with Gasteiger partial charge in [-0.1, -0.05) is 12.1 Å². The summed E-state index contributed by atoms with van der Waals surface area (Å²) in [5.74, 6) is 0.693. The highest BCUT2D eigenvalue weighted by molar-refractivity contribution is 7.13. The van der Waals surface area contributed by atoms with Crippen molar-refractivity contribution >= 4 is 33.3 Å². The van der Waals surface area contributed by atoms with Crippen molar-refractivity contribution in [1.29, 1.82) is 0 Å². The van der Waals surface area contributed by atoms with E-state index in [1.165, 1.54) is 29.9 Å². The third kappa shape index (κ3) is 3.75. The van der Waals surface area contributed by atoms with E-state index >= 15 is 0 Å². The Kier molecular flexibility index (Phi) is 4.68. The van der Waals surface area contributed by atoms with Crippen LogP contribution in [0, 0.1) is 0 Å². The number of benzene rings is 1. The van der Waals surface area contributed by atoms with Gasteiger partial charge in [0.15, 0.2) is 0 Å². The van der Waals surface area contributed by atoms with E-state index in [0.29, 0.717) is 12.1 Å². The summed E-state index contributed by atoms with van der Waals surface area (Å²) in [4.78, 5) is 25.3. The third-order valence-corrected chi connectivity index (χ3v) is 4.18. The number of nitrogens with zero attached hydrogens (tertiary/aromatic N) is 1. The first-order valence-corrected chi connectivity index (χ1v) is 8.06. The molecule has 3 rings (SSSR count). The molecule has 0 fully saturated rings. The van der Waals surface area contributed by atoms with Crippen LogP contribution in [0.5, 0.6) is 0 Å². The molecular weight excluding hydrogens is 312 g/mol. The Morgan fingerprint density at radius 1 is 1.17 bits per heavy atom. The van der Waals surface area contributed by atoms with Gasteiger partial charge < -0.3 is 15.6 Å². The minimum absolute atomic E-state index is 0.194. The fourth-order valence-electron chi connectivity index (χ4n) is 2.16. The Labute approximate surface area is 136 Å². The molecular formula is C16H16N4O2S. The molecule has 0 bridgehead atoms. The van der Waals surface area contributed by atoms with Crippen molar-refractivity contribution in [3.8, 4) is 0 Å². The van der Waals surface area contributed by atoms with E-state index in [9.17, 15) is 9.59 Å². The Balaban J connectivity index is 1.44. The molecule has 0 saturated carbocycles. The van der Waals surface area contributed by atoms with Crippen LogP contribution in [-0.4, -0.2) is 28.4 Å². The summed E-state index contributed by atoms with van der Waals surface area (Å²) in [6.45, 7) is 1.27. The normalized spacial score (nSPS) is 10.6. The zero-order valence-corrected chi connectivity index (χ0v) is 13.2. The summed E-state index contributed by atoms with van der Waals surface area (Å²) in [6, 6.07) is 10.9. The highest BCUT2D eigenvalue weighted by Crippen LogP contribution is 2.25. The largest absolute Gasteiger partial charge is 0.369 e. The maximum atomic E-state index is 11.9. The minimum atomic E-state index is -0.221.